The minimum Gasteiger partial charge on any atom is -0.423 e. The summed E-state index contributed by atoms with van der Waals surface area (Å²) in [5, 5.41) is 0.226. The van der Waals surface area contributed by atoms with Crippen molar-refractivity contribution in [1.29, 1.82) is 0 Å². The van der Waals surface area contributed by atoms with Crippen molar-refractivity contribution in [3.63, 3.8) is 0 Å². The van der Waals surface area contributed by atoms with Gasteiger partial charge in [0.1, 0.15) is 17.1 Å². The van der Waals surface area contributed by atoms with Crippen LogP contribution < -0.4 is 4.74 Å². The lowest BCUT2D eigenvalue weighted by Gasteiger charge is -2.13. The maximum absolute atomic E-state index is 13.4. The van der Waals surface area contributed by atoms with E-state index in [-0.39, 0.29) is 33.4 Å². The molecule has 0 aliphatic rings. The molecule has 7 nitrogen and oxygen atoms in total. The molecule has 0 radical (unpaired) electrons. The Hall–Kier alpha value is -3.18. The summed E-state index contributed by atoms with van der Waals surface area (Å²) in [4.78, 5) is 31.9. The molecule has 0 aliphatic heterocycles. The van der Waals surface area contributed by atoms with E-state index >= 15 is 0 Å². The van der Waals surface area contributed by atoms with Crippen LogP contribution in [0.4, 0.5) is 13.2 Å². The normalized spacial score (nSPS) is 11.5. The third kappa shape index (κ3) is 4.47. The number of halogens is 5. The van der Waals surface area contributed by atoms with Gasteiger partial charge in [-0.1, -0.05) is 17.7 Å². The number of ether oxygens (including phenoxy) is 1. The molecule has 0 saturated heterocycles. The SMILES string of the molecule is O=C(c1ccc(Br)cn1)c1nc(C(F)(F)F)nc2cccc(Oc3ncc(Cl)cn3)c12. The Bertz CT molecular complexity index is 1280. The van der Waals surface area contributed by atoms with E-state index in [1.807, 2.05) is 0 Å². The fraction of sp³-hybridized carbons (Fsp3) is 0.0526. The molecule has 1 aromatic carbocycles. The van der Waals surface area contributed by atoms with Gasteiger partial charge >= 0.3 is 12.2 Å². The van der Waals surface area contributed by atoms with Crippen LogP contribution in [0, 0.1) is 0 Å². The zero-order valence-corrected chi connectivity index (χ0v) is 17.4. The number of hydrogen-bond donors (Lipinski definition) is 0. The summed E-state index contributed by atoms with van der Waals surface area (Å²) >= 11 is 8.94. The largest absolute Gasteiger partial charge is 0.451 e. The van der Waals surface area contributed by atoms with E-state index in [9.17, 15) is 18.0 Å². The predicted octanol–water partition coefficient (Wildman–Crippen LogP) is 5.27. The summed E-state index contributed by atoms with van der Waals surface area (Å²) in [6.07, 6.45) is -0.955. The Morgan fingerprint density at radius 1 is 1.00 bits per heavy atom. The number of fused-ring (bicyclic) bond motifs is 1. The second-order valence-corrected chi connectivity index (χ2v) is 7.37. The number of carbonyl (C=O) groups is 1. The fourth-order valence-corrected chi connectivity index (χ4v) is 2.94. The second-order valence-electron chi connectivity index (χ2n) is 6.02. The van der Waals surface area contributed by atoms with Gasteiger partial charge in [0.2, 0.25) is 11.6 Å². The zero-order chi connectivity index (χ0) is 22.2. The molecular formula is C19H8BrClF3N5O2. The number of hydrogen-bond acceptors (Lipinski definition) is 7. The lowest BCUT2D eigenvalue weighted by atomic mass is 10.1. The standard InChI is InChI=1S/C19H8BrClF3N5O2/c20-9-4-5-12(25-6-9)16(30)15-14-11(28-17(29-15)19(22,23)24)2-1-3-13(14)31-18-26-7-10(21)8-27-18/h1-8H. The molecular weight excluding hydrogens is 503 g/mol. The summed E-state index contributed by atoms with van der Waals surface area (Å²) in [6, 6.07) is 6.94. The van der Waals surface area contributed by atoms with Crippen molar-refractivity contribution in [2.75, 3.05) is 0 Å². The van der Waals surface area contributed by atoms with E-state index in [1.54, 1.807) is 0 Å². The fourth-order valence-electron chi connectivity index (χ4n) is 2.61. The molecule has 0 amide bonds. The third-order valence-electron chi connectivity index (χ3n) is 3.91. The molecule has 0 atom stereocenters. The average molecular weight is 511 g/mol. The Balaban J connectivity index is 1.93. The van der Waals surface area contributed by atoms with Crippen LogP contribution in [0.1, 0.15) is 22.0 Å². The Labute approximate surface area is 185 Å². The van der Waals surface area contributed by atoms with Crippen LogP contribution in [0.15, 0.2) is 53.4 Å². The van der Waals surface area contributed by atoms with Crippen molar-refractivity contribution in [2.24, 2.45) is 0 Å². The molecule has 0 unspecified atom stereocenters. The lowest BCUT2D eigenvalue weighted by molar-refractivity contribution is -0.144. The van der Waals surface area contributed by atoms with Crippen LogP contribution >= 0.6 is 27.5 Å². The van der Waals surface area contributed by atoms with Crippen LogP contribution in [0.3, 0.4) is 0 Å². The number of alkyl halides is 3. The first-order chi connectivity index (χ1) is 14.7. The topological polar surface area (TPSA) is 90.8 Å². The first-order valence-electron chi connectivity index (χ1n) is 8.42. The highest BCUT2D eigenvalue weighted by molar-refractivity contribution is 9.10. The third-order valence-corrected chi connectivity index (χ3v) is 4.58. The van der Waals surface area contributed by atoms with Crippen LogP contribution in [-0.4, -0.2) is 30.7 Å². The molecule has 0 N–H and O–H groups in total. The van der Waals surface area contributed by atoms with Crippen molar-refractivity contribution < 1.29 is 22.7 Å². The molecule has 0 aliphatic carbocycles. The van der Waals surface area contributed by atoms with E-state index in [2.05, 4.69) is 40.8 Å². The maximum atomic E-state index is 13.4. The summed E-state index contributed by atoms with van der Waals surface area (Å²) in [6.45, 7) is 0. The number of carbonyl (C=O) groups excluding carboxylic acids is 1. The summed E-state index contributed by atoms with van der Waals surface area (Å²) in [5.41, 5.74) is -0.764. The highest BCUT2D eigenvalue weighted by Crippen LogP contribution is 2.34. The van der Waals surface area contributed by atoms with Crippen molar-refractivity contribution >= 4 is 44.2 Å². The van der Waals surface area contributed by atoms with Gasteiger partial charge in [-0.3, -0.25) is 9.78 Å². The van der Waals surface area contributed by atoms with Gasteiger partial charge in [0.15, 0.2) is 0 Å². The first kappa shape index (κ1) is 21.1. The molecule has 4 aromatic rings. The molecule has 156 valence electrons. The smallest absolute Gasteiger partial charge is 0.423 e. The predicted molar refractivity (Wildman–Crippen MR) is 107 cm³/mol. The number of nitrogens with zero attached hydrogens (tertiary/aromatic N) is 5. The van der Waals surface area contributed by atoms with Gasteiger partial charge in [-0.2, -0.15) is 13.2 Å². The second kappa shape index (κ2) is 8.16. The minimum absolute atomic E-state index is 0.00555. The van der Waals surface area contributed by atoms with E-state index < -0.39 is 23.5 Å². The Kier molecular flexibility index (Phi) is 5.54. The highest BCUT2D eigenvalue weighted by Gasteiger charge is 2.37. The lowest BCUT2D eigenvalue weighted by Crippen LogP contribution is -2.16. The molecule has 3 heterocycles. The Morgan fingerprint density at radius 2 is 1.74 bits per heavy atom. The quantitative estimate of drug-likeness (QED) is 0.345. The molecule has 3 aromatic heterocycles. The summed E-state index contributed by atoms with van der Waals surface area (Å²) in [7, 11) is 0. The molecule has 0 saturated carbocycles. The average Bonchev–Trinajstić information content (AvgIpc) is 2.74. The van der Waals surface area contributed by atoms with Gasteiger partial charge < -0.3 is 4.74 Å². The van der Waals surface area contributed by atoms with Crippen LogP contribution in [0.5, 0.6) is 11.8 Å². The molecule has 31 heavy (non-hydrogen) atoms. The summed E-state index contributed by atoms with van der Waals surface area (Å²) in [5.74, 6) is -2.30. The van der Waals surface area contributed by atoms with Crippen LogP contribution in [-0.2, 0) is 6.18 Å². The van der Waals surface area contributed by atoms with Gasteiger partial charge in [0, 0.05) is 10.7 Å². The van der Waals surface area contributed by atoms with E-state index in [0.717, 1.165) is 0 Å². The summed E-state index contributed by atoms with van der Waals surface area (Å²) < 4.78 is 46.3. The van der Waals surface area contributed by atoms with E-state index in [0.29, 0.717) is 4.47 Å². The van der Waals surface area contributed by atoms with Crippen molar-refractivity contribution in [3.05, 3.63) is 75.6 Å². The zero-order valence-electron chi connectivity index (χ0n) is 15.1. The minimum atomic E-state index is -4.87. The first-order valence-corrected chi connectivity index (χ1v) is 9.59. The van der Waals surface area contributed by atoms with Gasteiger partial charge in [0.25, 0.3) is 0 Å². The van der Waals surface area contributed by atoms with Crippen molar-refractivity contribution in [3.8, 4) is 11.8 Å². The molecule has 0 bridgehead atoms. The van der Waals surface area contributed by atoms with Gasteiger partial charge in [0.05, 0.1) is 28.3 Å². The van der Waals surface area contributed by atoms with Gasteiger partial charge in [-0.05, 0) is 40.2 Å². The van der Waals surface area contributed by atoms with Gasteiger partial charge in [-0.15, -0.1) is 0 Å². The van der Waals surface area contributed by atoms with Crippen molar-refractivity contribution in [1.82, 2.24) is 24.9 Å². The molecule has 0 fully saturated rings. The van der Waals surface area contributed by atoms with E-state index in [4.69, 9.17) is 16.3 Å². The molecule has 0 spiro atoms. The highest BCUT2D eigenvalue weighted by atomic mass is 79.9. The monoisotopic (exact) mass is 509 g/mol. The van der Waals surface area contributed by atoms with E-state index in [1.165, 1.54) is 48.9 Å². The number of pyridine rings is 1. The van der Waals surface area contributed by atoms with Crippen LogP contribution in [0.25, 0.3) is 10.9 Å². The Morgan fingerprint density at radius 3 is 2.39 bits per heavy atom. The molecule has 4 rings (SSSR count). The molecule has 12 heteroatoms. The van der Waals surface area contributed by atoms with Crippen molar-refractivity contribution in [2.45, 2.75) is 6.18 Å². The number of benzene rings is 1. The van der Waals surface area contributed by atoms with Crippen LogP contribution in [0.2, 0.25) is 5.02 Å². The maximum Gasteiger partial charge on any atom is 0.451 e. The van der Waals surface area contributed by atoms with Gasteiger partial charge in [-0.25, -0.2) is 19.9 Å². The number of rotatable bonds is 4. The number of aromatic nitrogens is 5. The number of ketones is 1.